The number of nitrogens with zero attached hydrogens (tertiary/aromatic N) is 2. The summed E-state index contributed by atoms with van der Waals surface area (Å²) in [6.07, 6.45) is 2.61. The molecule has 4 nitrogen and oxygen atoms in total. The molecular weight excluding hydrogens is 216 g/mol. The van der Waals surface area contributed by atoms with Crippen molar-refractivity contribution in [1.29, 1.82) is 0 Å². The van der Waals surface area contributed by atoms with Crippen molar-refractivity contribution in [1.82, 2.24) is 9.80 Å². The smallest absolute Gasteiger partial charge is 0.227 e. The predicted molar refractivity (Wildman–Crippen MR) is 65.4 cm³/mol. The van der Waals surface area contributed by atoms with Crippen LogP contribution in [0, 0.1) is 5.92 Å². The van der Waals surface area contributed by atoms with Crippen LogP contribution in [0.5, 0.6) is 0 Å². The lowest BCUT2D eigenvalue weighted by Gasteiger charge is -2.32. The molecule has 2 amide bonds. The SMILES string of the molecule is CC(C)(C)N1C[C@@H](C(=O)N2CCCC2)CC1=O. The summed E-state index contributed by atoms with van der Waals surface area (Å²) in [5.74, 6) is 0.192. The first-order valence-corrected chi connectivity index (χ1v) is 6.49. The Balaban J connectivity index is 2.01. The topological polar surface area (TPSA) is 40.6 Å². The maximum absolute atomic E-state index is 12.2. The second kappa shape index (κ2) is 4.31. The van der Waals surface area contributed by atoms with E-state index in [1.807, 2.05) is 30.6 Å². The van der Waals surface area contributed by atoms with E-state index in [1.54, 1.807) is 0 Å². The number of hydrogen-bond acceptors (Lipinski definition) is 2. The van der Waals surface area contributed by atoms with Gasteiger partial charge in [-0.25, -0.2) is 0 Å². The minimum atomic E-state index is -0.170. The van der Waals surface area contributed by atoms with Crippen molar-refractivity contribution in [2.24, 2.45) is 5.92 Å². The molecule has 1 atom stereocenters. The van der Waals surface area contributed by atoms with E-state index in [0.29, 0.717) is 13.0 Å². The number of rotatable bonds is 1. The average molecular weight is 238 g/mol. The van der Waals surface area contributed by atoms with Crippen LogP contribution in [0.4, 0.5) is 0 Å². The van der Waals surface area contributed by atoms with Crippen molar-refractivity contribution < 1.29 is 9.59 Å². The lowest BCUT2D eigenvalue weighted by Crippen LogP contribution is -2.43. The molecular formula is C13H22N2O2. The summed E-state index contributed by atoms with van der Waals surface area (Å²) in [6, 6.07) is 0. The molecule has 0 aromatic rings. The minimum absolute atomic E-state index is 0.111. The molecule has 2 heterocycles. The molecule has 2 aliphatic rings. The molecule has 0 bridgehead atoms. The van der Waals surface area contributed by atoms with Crippen LogP contribution in [0.2, 0.25) is 0 Å². The van der Waals surface area contributed by atoms with Gasteiger partial charge in [0.05, 0.1) is 5.92 Å². The van der Waals surface area contributed by atoms with Gasteiger partial charge in [0.15, 0.2) is 0 Å². The Labute approximate surface area is 103 Å². The molecule has 2 aliphatic heterocycles. The molecule has 0 aromatic heterocycles. The van der Waals surface area contributed by atoms with Crippen LogP contribution >= 0.6 is 0 Å². The predicted octanol–water partition coefficient (Wildman–Crippen LogP) is 1.26. The molecule has 96 valence electrons. The fourth-order valence-corrected chi connectivity index (χ4v) is 2.72. The number of hydrogen-bond donors (Lipinski definition) is 0. The summed E-state index contributed by atoms with van der Waals surface area (Å²) in [4.78, 5) is 27.9. The lowest BCUT2D eigenvalue weighted by atomic mass is 10.1. The van der Waals surface area contributed by atoms with E-state index in [2.05, 4.69) is 0 Å². The van der Waals surface area contributed by atoms with Crippen molar-refractivity contribution in [2.75, 3.05) is 19.6 Å². The van der Waals surface area contributed by atoms with Crippen LogP contribution in [-0.2, 0) is 9.59 Å². The molecule has 0 aliphatic carbocycles. The Kier molecular flexibility index (Phi) is 3.15. The van der Waals surface area contributed by atoms with Crippen molar-refractivity contribution in [2.45, 2.75) is 45.6 Å². The molecule has 17 heavy (non-hydrogen) atoms. The molecule has 2 saturated heterocycles. The fourth-order valence-electron chi connectivity index (χ4n) is 2.72. The van der Waals surface area contributed by atoms with Gasteiger partial charge in [0, 0.05) is 31.6 Å². The standard InChI is InChI=1S/C13H22N2O2/c1-13(2,3)15-9-10(8-11(15)16)12(17)14-6-4-5-7-14/h10H,4-9H2,1-3H3/t10-/m0/s1. The summed E-state index contributed by atoms with van der Waals surface area (Å²) in [6.45, 7) is 8.41. The molecule has 2 rings (SSSR count). The van der Waals surface area contributed by atoms with Crippen LogP contribution in [0.1, 0.15) is 40.0 Å². The van der Waals surface area contributed by atoms with Gasteiger partial charge in [-0.2, -0.15) is 0 Å². The summed E-state index contributed by atoms with van der Waals surface area (Å²) < 4.78 is 0. The van der Waals surface area contributed by atoms with Crippen LogP contribution < -0.4 is 0 Å². The highest BCUT2D eigenvalue weighted by molar-refractivity contribution is 5.89. The fraction of sp³-hybridized carbons (Fsp3) is 0.846. The van der Waals surface area contributed by atoms with E-state index in [0.717, 1.165) is 25.9 Å². The Morgan fingerprint density at radius 3 is 2.29 bits per heavy atom. The first kappa shape index (κ1) is 12.4. The van der Waals surface area contributed by atoms with Gasteiger partial charge in [0.25, 0.3) is 0 Å². The molecule has 0 aromatic carbocycles. The van der Waals surface area contributed by atoms with Crippen LogP contribution in [0.25, 0.3) is 0 Å². The largest absolute Gasteiger partial charge is 0.342 e. The highest BCUT2D eigenvalue weighted by Gasteiger charge is 2.41. The maximum Gasteiger partial charge on any atom is 0.227 e. The third-order valence-corrected chi connectivity index (χ3v) is 3.70. The highest BCUT2D eigenvalue weighted by Crippen LogP contribution is 2.27. The van der Waals surface area contributed by atoms with Crippen LogP contribution in [0.15, 0.2) is 0 Å². The van der Waals surface area contributed by atoms with Crippen molar-refractivity contribution in [3.63, 3.8) is 0 Å². The normalized spacial score (nSPS) is 25.8. The number of amides is 2. The average Bonchev–Trinajstić information content (AvgIpc) is 2.83. The van der Waals surface area contributed by atoms with Gasteiger partial charge in [0.1, 0.15) is 0 Å². The van der Waals surface area contributed by atoms with Gasteiger partial charge in [-0.1, -0.05) is 0 Å². The zero-order valence-corrected chi connectivity index (χ0v) is 11.0. The molecule has 0 radical (unpaired) electrons. The number of carbonyl (C=O) groups is 2. The van der Waals surface area contributed by atoms with Crippen molar-refractivity contribution in [3.05, 3.63) is 0 Å². The van der Waals surface area contributed by atoms with E-state index in [4.69, 9.17) is 0 Å². The second-order valence-corrected chi connectivity index (χ2v) is 6.11. The van der Waals surface area contributed by atoms with Gasteiger partial charge in [-0.15, -0.1) is 0 Å². The maximum atomic E-state index is 12.2. The van der Waals surface area contributed by atoms with E-state index in [9.17, 15) is 9.59 Å². The molecule has 0 N–H and O–H groups in total. The lowest BCUT2D eigenvalue weighted by molar-refractivity contribution is -0.135. The van der Waals surface area contributed by atoms with Gasteiger partial charge in [-0.05, 0) is 33.6 Å². The van der Waals surface area contributed by atoms with E-state index < -0.39 is 0 Å². The second-order valence-electron chi connectivity index (χ2n) is 6.11. The molecule has 2 fully saturated rings. The van der Waals surface area contributed by atoms with Crippen molar-refractivity contribution >= 4 is 11.8 Å². The van der Waals surface area contributed by atoms with Gasteiger partial charge in [0.2, 0.25) is 11.8 Å². The Morgan fingerprint density at radius 1 is 1.24 bits per heavy atom. The first-order valence-electron chi connectivity index (χ1n) is 6.49. The van der Waals surface area contributed by atoms with E-state index in [-0.39, 0.29) is 23.3 Å². The Hall–Kier alpha value is -1.06. The van der Waals surface area contributed by atoms with E-state index >= 15 is 0 Å². The minimum Gasteiger partial charge on any atom is -0.342 e. The number of likely N-dealkylation sites (tertiary alicyclic amines) is 2. The van der Waals surface area contributed by atoms with Crippen molar-refractivity contribution in [3.8, 4) is 0 Å². The third kappa shape index (κ3) is 2.45. The van der Waals surface area contributed by atoms with Crippen LogP contribution in [-0.4, -0.2) is 46.8 Å². The zero-order chi connectivity index (χ0) is 12.6. The quantitative estimate of drug-likeness (QED) is 0.690. The van der Waals surface area contributed by atoms with E-state index in [1.165, 1.54) is 0 Å². The van der Waals surface area contributed by atoms with Gasteiger partial charge < -0.3 is 9.80 Å². The Morgan fingerprint density at radius 2 is 1.82 bits per heavy atom. The van der Waals surface area contributed by atoms with Gasteiger partial charge in [-0.3, -0.25) is 9.59 Å². The summed E-state index contributed by atoms with van der Waals surface area (Å²) in [5, 5.41) is 0. The summed E-state index contributed by atoms with van der Waals surface area (Å²) in [5.41, 5.74) is -0.170. The summed E-state index contributed by atoms with van der Waals surface area (Å²) >= 11 is 0. The molecule has 4 heteroatoms. The molecule has 0 saturated carbocycles. The number of carbonyl (C=O) groups excluding carboxylic acids is 2. The molecule has 0 spiro atoms. The highest BCUT2D eigenvalue weighted by atomic mass is 16.2. The Bertz CT molecular complexity index is 327. The summed E-state index contributed by atoms with van der Waals surface area (Å²) in [7, 11) is 0. The van der Waals surface area contributed by atoms with Crippen LogP contribution in [0.3, 0.4) is 0 Å². The monoisotopic (exact) mass is 238 g/mol. The van der Waals surface area contributed by atoms with Gasteiger partial charge >= 0.3 is 0 Å². The first-order chi connectivity index (χ1) is 7.89. The third-order valence-electron chi connectivity index (χ3n) is 3.70. The molecule has 0 unspecified atom stereocenters. The zero-order valence-electron chi connectivity index (χ0n) is 11.0.